The SMILES string of the molecule is CN(C)C(=O)c1ccc(-c2c(N)cnn2C)cc1. The molecule has 0 aliphatic heterocycles. The summed E-state index contributed by atoms with van der Waals surface area (Å²) >= 11 is 0. The number of amides is 1. The third-order valence-corrected chi connectivity index (χ3v) is 2.78. The molecule has 5 heteroatoms. The second kappa shape index (κ2) is 4.52. The van der Waals surface area contributed by atoms with E-state index in [1.165, 1.54) is 0 Å². The van der Waals surface area contributed by atoms with Gasteiger partial charge in [-0.3, -0.25) is 9.48 Å². The van der Waals surface area contributed by atoms with Crippen molar-refractivity contribution in [1.29, 1.82) is 0 Å². The van der Waals surface area contributed by atoms with Gasteiger partial charge >= 0.3 is 0 Å². The molecule has 0 radical (unpaired) electrons. The molecule has 1 aromatic carbocycles. The third kappa shape index (κ3) is 2.07. The van der Waals surface area contributed by atoms with Gasteiger partial charge in [0.1, 0.15) is 0 Å². The van der Waals surface area contributed by atoms with E-state index in [-0.39, 0.29) is 5.91 Å². The van der Waals surface area contributed by atoms with Gasteiger partial charge in [0.25, 0.3) is 5.91 Å². The number of benzene rings is 1. The molecule has 18 heavy (non-hydrogen) atoms. The Morgan fingerprint density at radius 1 is 1.28 bits per heavy atom. The second-order valence-corrected chi connectivity index (χ2v) is 4.35. The summed E-state index contributed by atoms with van der Waals surface area (Å²) in [5, 5.41) is 4.09. The van der Waals surface area contributed by atoms with E-state index < -0.39 is 0 Å². The highest BCUT2D eigenvalue weighted by atomic mass is 16.2. The maximum absolute atomic E-state index is 11.8. The minimum atomic E-state index is -0.0143. The highest BCUT2D eigenvalue weighted by Crippen LogP contribution is 2.25. The molecule has 2 rings (SSSR count). The second-order valence-electron chi connectivity index (χ2n) is 4.35. The average Bonchev–Trinajstić information content (AvgIpc) is 2.68. The van der Waals surface area contributed by atoms with Gasteiger partial charge in [-0.15, -0.1) is 0 Å². The van der Waals surface area contributed by atoms with Gasteiger partial charge in [0.05, 0.1) is 17.6 Å². The molecule has 0 bridgehead atoms. The zero-order valence-electron chi connectivity index (χ0n) is 10.7. The zero-order valence-corrected chi connectivity index (χ0v) is 10.7. The van der Waals surface area contributed by atoms with Crippen molar-refractivity contribution in [3.05, 3.63) is 36.0 Å². The van der Waals surface area contributed by atoms with Crippen LogP contribution >= 0.6 is 0 Å². The number of hydrogen-bond acceptors (Lipinski definition) is 3. The number of carbonyl (C=O) groups is 1. The quantitative estimate of drug-likeness (QED) is 0.867. The largest absolute Gasteiger partial charge is 0.396 e. The Balaban J connectivity index is 2.37. The number of anilines is 1. The van der Waals surface area contributed by atoms with Crippen molar-refractivity contribution in [2.24, 2.45) is 7.05 Å². The molecule has 0 spiro atoms. The summed E-state index contributed by atoms with van der Waals surface area (Å²) in [5.74, 6) is -0.0143. The molecule has 2 N–H and O–H groups in total. The lowest BCUT2D eigenvalue weighted by atomic mass is 10.1. The summed E-state index contributed by atoms with van der Waals surface area (Å²) in [4.78, 5) is 13.3. The van der Waals surface area contributed by atoms with Crippen molar-refractivity contribution in [1.82, 2.24) is 14.7 Å². The number of nitrogens with two attached hydrogens (primary N) is 1. The Labute approximate surface area is 106 Å². The summed E-state index contributed by atoms with van der Waals surface area (Å²) in [7, 11) is 5.30. The number of nitrogen functional groups attached to an aromatic ring is 1. The van der Waals surface area contributed by atoms with E-state index in [2.05, 4.69) is 5.10 Å². The van der Waals surface area contributed by atoms with Crippen LogP contribution < -0.4 is 5.73 Å². The molecule has 0 fully saturated rings. The fourth-order valence-electron chi connectivity index (χ4n) is 1.84. The average molecular weight is 244 g/mol. The van der Waals surface area contributed by atoms with Crippen LogP contribution in [0.4, 0.5) is 5.69 Å². The highest BCUT2D eigenvalue weighted by molar-refractivity contribution is 5.94. The molecule has 0 saturated carbocycles. The lowest BCUT2D eigenvalue weighted by molar-refractivity contribution is 0.0827. The van der Waals surface area contributed by atoms with Gasteiger partial charge in [0, 0.05) is 32.3 Å². The normalized spacial score (nSPS) is 10.4. The lowest BCUT2D eigenvalue weighted by Crippen LogP contribution is -2.21. The van der Waals surface area contributed by atoms with Crippen molar-refractivity contribution in [2.45, 2.75) is 0 Å². The number of aryl methyl sites for hydroxylation is 1. The number of carbonyl (C=O) groups excluding carboxylic acids is 1. The first-order chi connectivity index (χ1) is 8.50. The Hall–Kier alpha value is -2.30. The van der Waals surface area contributed by atoms with E-state index in [1.807, 2.05) is 19.2 Å². The smallest absolute Gasteiger partial charge is 0.253 e. The van der Waals surface area contributed by atoms with Crippen LogP contribution in [0.2, 0.25) is 0 Å². The van der Waals surface area contributed by atoms with Gasteiger partial charge < -0.3 is 10.6 Å². The molecule has 1 heterocycles. The number of nitrogens with zero attached hydrogens (tertiary/aromatic N) is 3. The minimum Gasteiger partial charge on any atom is -0.396 e. The monoisotopic (exact) mass is 244 g/mol. The van der Waals surface area contributed by atoms with Crippen molar-refractivity contribution < 1.29 is 4.79 Å². The first-order valence-electron chi connectivity index (χ1n) is 5.60. The predicted octanol–water partition coefficient (Wildman–Crippen LogP) is 1.37. The maximum atomic E-state index is 11.8. The molecule has 94 valence electrons. The molecule has 0 saturated heterocycles. The molecule has 1 amide bonds. The molecule has 0 atom stereocenters. The summed E-state index contributed by atoms with van der Waals surface area (Å²) in [6.07, 6.45) is 1.62. The van der Waals surface area contributed by atoms with Crippen LogP contribution in [-0.4, -0.2) is 34.7 Å². The predicted molar refractivity (Wildman–Crippen MR) is 71.1 cm³/mol. The fourth-order valence-corrected chi connectivity index (χ4v) is 1.84. The summed E-state index contributed by atoms with van der Waals surface area (Å²) in [6.45, 7) is 0. The first kappa shape index (κ1) is 12.2. The lowest BCUT2D eigenvalue weighted by Gasteiger charge is -2.10. The third-order valence-electron chi connectivity index (χ3n) is 2.78. The molecular weight excluding hydrogens is 228 g/mol. The Kier molecular flexibility index (Phi) is 3.06. The van der Waals surface area contributed by atoms with E-state index in [1.54, 1.807) is 42.0 Å². The van der Waals surface area contributed by atoms with Crippen LogP contribution in [-0.2, 0) is 7.05 Å². The first-order valence-corrected chi connectivity index (χ1v) is 5.60. The van der Waals surface area contributed by atoms with E-state index >= 15 is 0 Å². The van der Waals surface area contributed by atoms with Crippen LogP contribution in [0.3, 0.4) is 0 Å². The Morgan fingerprint density at radius 3 is 2.33 bits per heavy atom. The molecule has 0 unspecified atom stereocenters. The van der Waals surface area contributed by atoms with Crippen LogP contribution in [0.15, 0.2) is 30.5 Å². The van der Waals surface area contributed by atoms with Crippen molar-refractivity contribution in [3.63, 3.8) is 0 Å². The Morgan fingerprint density at radius 2 is 1.89 bits per heavy atom. The summed E-state index contributed by atoms with van der Waals surface area (Å²) < 4.78 is 1.72. The van der Waals surface area contributed by atoms with Gasteiger partial charge in [-0.2, -0.15) is 5.10 Å². The van der Waals surface area contributed by atoms with E-state index in [9.17, 15) is 4.79 Å². The highest BCUT2D eigenvalue weighted by Gasteiger charge is 2.11. The standard InChI is InChI=1S/C13H16N4O/c1-16(2)13(18)10-6-4-9(5-7-10)12-11(14)8-15-17(12)3/h4-8H,14H2,1-3H3. The van der Waals surface area contributed by atoms with E-state index in [4.69, 9.17) is 5.73 Å². The number of rotatable bonds is 2. The molecule has 2 aromatic rings. The summed E-state index contributed by atoms with van der Waals surface area (Å²) in [6, 6.07) is 7.35. The molecule has 0 aliphatic carbocycles. The number of aromatic nitrogens is 2. The van der Waals surface area contributed by atoms with E-state index in [0.29, 0.717) is 11.3 Å². The molecule has 5 nitrogen and oxygen atoms in total. The van der Waals surface area contributed by atoms with E-state index in [0.717, 1.165) is 11.3 Å². The van der Waals surface area contributed by atoms with Gasteiger partial charge in [-0.05, 0) is 12.1 Å². The van der Waals surface area contributed by atoms with Gasteiger partial charge in [-0.25, -0.2) is 0 Å². The number of hydrogen-bond donors (Lipinski definition) is 1. The van der Waals surface area contributed by atoms with Gasteiger partial charge in [0.15, 0.2) is 0 Å². The topological polar surface area (TPSA) is 64.2 Å². The van der Waals surface area contributed by atoms with Crippen molar-refractivity contribution in [3.8, 4) is 11.3 Å². The zero-order chi connectivity index (χ0) is 13.3. The minimum absolute atomic E-state index is 0.0143. The van der Waals surface area contributed by atoms with Crippen molar-refractivity contribution in [2.75, 3.05) is 19.8 Å². The Bertz CT molecular complexity index is 550. The van der Waals surface area contributed by atoms with Gasteiger partial charge in [-0.1, -0.05) is 12.1 Å². The van der Waals surface area contributed by atoms with Crippen LogP contribution in [0.5, 0.6) is 0 Å². The molecule has 0 aliphatic rings. The molecular formula is C13H16N4O. The van der Waals surface area contributed by atoms with Crippen molar-refractivity contribution >= 4 is 11.6 Å². The van der Waals surface area contributed by atoms with Gasteiger partial charge in [0.2, 0.25) is 0 Å². The summed E-state index contributed by atoms with van der Waals surface area (Å²) in [5.41, 5.74) is 8.95. The fraction of sp³-hybridized carbons (Fsp3) is 0.231. The van der Waals surface area contributed by atoms with Crippen LogP contribution in [0, 0.1) is 0 Å². The molecule has 1 aromatic heterocycles. The van der Waals surface area contributed by atoms with Crippen LogP contribution in [0.1, 0.15) is 10.4 Å². The van der Waals surface area contributed by atoms with Crippen LogP contribution in [0.25, 0.3) is 11.3 Å². The maximum Gasteiger partial charge on any atom is 0.253 e.